The molecule has 0 N–H and O–H groups in total. The normalized spacial score (nSPS) is 25.0. The van der Waals surface area contributed by atoms with E-state index in [1.54, 1.807) is 16.8 Å². The summed E-state index contributed by atoms with van der Waals surface area (Å²) in [6.07, 6.45) is 1.33. The van der Waals surface area contributed by atoms with Crippen molar-refractivity contribution in [3.05, 3.63) is 17.5 Å². The third-order valence-corrected chi connectivity index (χ3v) is 4.47. The molecule has 2 aliphatic heterocycles. The molecule has 0 saturated carbocycles. The molecular weight excluding hydrogens is 284 g/mol. The summed E-state index contributed by atoms with van der Waals surface area (Å²) in [4.78, 5) is 27.7. The zero-order chi connectivity index (χ0) is 15.9. The van der Waals surface area contributed by atoms with Crippen molar-refractivity contribution in [2.24, 2.45) is 0 Å². The monoisotopic (exact) mass is 306 g/mol. The number of hydrogen-bond acceptors (Lipinski definition) is 4. The van der Waals surface area contributed by atoms with E-state index in [1.807, 2.05) is 24.6 Å². The second-order valence-electron chi connectivity index (χ2n) is 6.22. The summed E-state index contributed by atoms with van der Waals surface area (Å²) < 4.78 is 7.35. The molecule has 2 aliphatic rings. The van der Waals surface area contributed by atoms with E-state index in [-0.39, 0.29) is 12.0 Å². The molecule has 3 heterocycles. The SMILES string of the molecule is CCn1nc(C(=O)N2CCC[C@]3(CN(C)C(=O)O3)C2)cc1C. The molecule has 2 fully saturated rings. The van der Waals surface area contributed by atoms with Crippen molar-refractivity contribution in [1.29, 1.82) is 0 Å². The van der Waals surface area contributed by atoms with E-state index < -0.39 is 5.60 Å². The van der Waals surface area contributed by atoms with Crippen molar-refractivity contribution >= 4 is 12.0 Å². The maximum atomic E-state index is 12.7. The Morgan fingerprint density at radius 2 is 2.23 bits per heavy atom. The highest BCUT2D eigenvalue weighted by Gasteiger charge is 2.47. The minimum atomic E-state index is -0.553. The number of rotatable bonds is 2. The number of aryl methyl sites for hydroxylation is 2. The third kappa shape index (κ3) is 2.44. The number of likely N-dealkylation sites (tertiary alicyclic amines) is 1. The highest BCUT2D eigenvalue weighted by atomic mass is 16.6. The molecule has 0 bridgehead atoms. The zero-order valence-electron chi connectivity index (χ0n) is 13.3. The Hall–Kier alpha value is -2.05. The number of nitrogens with zero attached hydrogens (tertiary/aromatic N) is 4. The van der Waals surface area contributed by atoms with Gasteiger partial charge in [-0.3, -0.25) is 9.48 Å². The van der Waals surface area contributed by atoms with E-state index in [9.17, 15) is 9.59 Å². The minimum Gasteiger partial charge on any atom is -0.439 e. The van der Waals surface area contributed by atoms with Crippen LogP contribution < -0.4 is 0 Å². The Bertz CT molecular complexity index is 612. The first-order valence-electron chi connectivity index (χ1n) is 7.72. The lowest BCUT2D eigenvalue weighted by Crippen LogP contribution is -2.52. The number of amides is 2. The van der Waals surface area contributed by atoms with Crippen LogP contribution in [0.2, 0.25) is 0 Å². The van der Waals surface area contributed by atoms with E-state index in [2.05, 4.69) is 5.10 Å². The molecule has 0 unspecified atom stereocenters. The van der Waals surface area contributed by atoms with E-state index in [0.717, 1.165) is 25.1 Å². The average Bonchev–Trinajstić information content (AvgIpc) is 2.99. The third-order valence-electron chi connectivity index (χ3n) is 4.47. The Morgan fingerprint density at radius 1 is 1.45 bits per heavy atom. The van der Waals surface area contributed by atoms with E-state index in [0.29, 0.717) is 25.3 Å². The Labute approximate surface area is 129 Å². The maximum absolute atomic E-state index is 12.7. The zero-order valence-corrected chi connectivity index (χ0v) is 13.3. The predicted molar refractivity (Wildman–Crippen MR) is 79.6 cm³/mol. The smallest absolute Gasteiger partial charge is 0.410 e. The van der Waals surface area contributed by atoms with Crippen LogP contribution in [0.3, 0.4) is 0 Å². The summed E-state index contributed by atoms with van der Waals surface area (Å²) in [5.74, 6) is -0.0834. The number of piperidine rings is 1. The van der Waals surface area contributed by atoms with Crippen LogP contribution in [0, 0.1) is 6.92 Å². The molecule has 120 valence electrons. The topological polar surface area (TPSA) is 67.7 Å². The molecule has 0 aliphatic carbocycles. The van der Waals surface area contributed by atoms with Gasteiger partial charge in [0.15, 0.2) is 5.69 Å². The number of carbonyl (C=O) groups is 2. The molecule has 2 saturated heterocycles. The van der Waals surface area contributed by atoms with Crippen LogP contribution in [-0.2, 0) is 11.3 Å². The van der Waals surface area contributed by atoms with Crippen LogP contribution in [0.25, 0.3) is 0 Å². The molecule has 22 heavy (non-hydrogen) atoms. The fourth-order valence-corrected chi connectivity index (χ4v) is 3.37. The van der Waals surface area contributed by atoms with Crippen molar-refractivity contribution in [3.8, 4) is 0 Å². The van der Waals surface area contributed by atoms with Gasteiger partial charge in [-0.05, 0) is 32.8 Å². The van der Waals surface area contributed by atoms with Crippen LogP contribution in [0.1, 0.15) is 35.9 Å². The maximum Gasteiger partial charge on any atom is 0.410 e. The van der Waals surface area contributed by atoms with Gasteiger partial charge in [0.2, 0.25) is 0 Å². The van der Waals surface area contributed by atoms with Gasteiger partial charge in [-0.25, -0.2) is 4.79 Å². The molecule has 1 aromatic rings. The van der Waals surface area contributed by atoms with Crippen LogP contribution >= 0.6 is 0 Å². The van der Waals surface area contributed by atoms with Crippen LogP contribution in [0.15, 0.2) is 6.07 Å². The Morgan fingerprint density at radius 3 is 2.82 bits per heavy atom. The molecular formula is C15H22N4O3. The van der Waals surface area contributed by atoms with Crippen LogP contribution in [0.5, 0.6) is 0 Å². The Balaban J connectivity index is 1.77. The lowest BCUT2D eigenvalue weighted by atomic mass is 9.92. The van der Waals surface area contributed by atoms with Crippen LogP contribution in [-0.4, -0.2) is 63.9 Å². The van der Waals surface area contributed by atoms with Gasteiger partial charge in [-0.1, -0.05) is 0 Å². The highest BCUT2D eigenvalue weighted by Crippen LogP contribution is 2.31. The van der Waals surface area contributed by atoms with Crippen molar-refractivity contribution in [2.45, 2.75) is 38.8 Å². The van der Waals surface area contributed by atoms with Gasteiger partial charge in [0.25, 0.3) is 5.91 Å². The number of ether oxygens (including phenoxy) is 1. The molecule has 1 spiro atoms. The van der Waals surface area contributed by atoms with Gasteiger partial charge in [0.1, 0.15) is 5.60 Å². The van der Waals surface area contributed by atoms with Gasteiger partial charge in [0, 0.05) is 25.8 Å². The number of aromatic nitrogens is 2. The van der Waals surface area contributed by atoms with Gasteiger partial charge in [-0.2, -0.15) is 5.10 Å². The second kappa shape index (κ2) is 5.30. The summed E-state index contributed by atoms with van der Waals surface area (Å²) >= 11 is 0. The van der Waals surface area contributed by atoms with Crippen molar-refractivity contribution in [3.63, 3.8) is 0 Å². The second-order valence-corrected chi connectivity index (χ2v) is 6.22. The van der Waals surface area contributed by atoms with Gasteiger partial charge in [-0.15, -0.1) is 0 Å². The van der Waals surface area contributed by atoms with Crippen LogP contribution in [0.4, 0.5) is 4.79 Å². The van der Waals surface area contributed by atoms with E-state index in [4.69, 9.17) is 4.74 Å². The fraction of sp³-hybridized carbons (Fsp3) is 0.667. The fourth-order valence-electron chi connectivity index (χ4n) is 3.37. The first-order chi connectivity index (χ1) is 10.4. The van der Waals surface area contributed by atoms with Crippen molar-refractivity contribution in [2.75, 3.05) is 26.7 Å². The molecule has 7 nitrogen and oxygen atoms in total. The number of likely N-dealkylation sites (N-methyl/N-ethyl adjacent to an activating group) is 1. The summed E-state index contributed by atoms with van der Waals surface area (Å²) in [5, 5.41) is 4.36. The molecule has 0 radical (unpaired) electrons. The van der Waals surface area contributed by atoms with Gasteiger partial charge < -0.3 is 14.5 Å². The van der Waals surface area contributed by atoms with Crippen molar-refractivity contribution in [1.82, 2.24) is 19.6 Å². The first-order valence-corrected chi connectivity index (χ1v) is 7.72. The average molecular weight is 306 g/mol. The number of hydrogen-bond donors (Lipinski definition) is 0. The summed E-state index contributed by atoms with van der Waals surface area (Å²) in [6, 6.07) is 1.82. The van der Waals surface area contributed by atoms with Gasteiger partial charge >= 0.3 is 6.09 Å². The van der Waals surface area contributed by atoms with E-state index >= 15 is 0 Å². The molecule has 1 aromatic heterocycles. The summed E-state index contributed by atoms with van der Waals surface area (Å²) in [5.41, 5.74) is 0.890. The highest BCUT2D eigenvalue weighted by molar-refractivity contribution is 5.92. The van der Waals surface area contributed by atoms with Gasteiger partial charge in [0.05, 0.1) is 13.1 Å². The summed E-state index contributed by atoms with van der Waals surface area (Å²) in [6.45, 7) is 6.35. The predicted octanol–water partition coefficient (Wildman–Crippen LogP) is 1.27. The first kappa shape index (κ1) is 14.9. The molecule has 0 aromatic carbocycles. The quantitative estimate of drug-likeness (QED) is 0.825. The summed E-state index contributed by atoms with van der Waals surface area (Å²) in [7, 11) is 1.73. The molecule has 7 heteroatoms. The number of carbonyl (C=O) groups excluding carboxylic acids is 2. The van der Waals surface area contributed by atoms with Crippen molar-refractivity contribution < 1.29 is 14.3 Å². The lowest BCUT2D eigenvalue weighted by Gasteiger charge is -2.38. The molecule has 3 rings (SSSR count). The lowest BCUT2D eigenvalue weighted by molar-refractivity contribution is -0.00543. The molecule has 2 amide bonds. The Kier molecular flexibility index (Phi) is 3.58. The standard InChI is InChI=1S/C15H22N4O3/c1-4-19-11(2)8-12(16-19)13(20)18-7-5-6-15(10-18)9-17(3)14(21)22-15/h8H,4-7,9-10H2,1-3H3/t15-/m0/s1. The molecule has 1 atom stereocenters. The largest absolute Gasteiger partial charge is 0.439 e. The van der Waals surface area contributed by atoms with E-state index in [1.165, 1.54) is 0 Å². The minimum absolute atomic E-state index is 0.0834.